The van der Waals surface area contributed by atoms with E-state index >= 15 is 0 Å². The van der Waals surface area contributed by atoms with Crippen LogP contribution in [0.25, 0.3) is 11.1 Å². The molecule has 5 rings (SSSR count). The van der Waals surface area contributed by atoms with Crippen LogP contribution in [0.4, 0.5) is 5.00 Å². The number of hydrogen-bond acceptors (Lipinski definition) is 6. The molecule has 0 atom stereocenters. The van der Waals surface area contributed by atoms with Crippen LogP contribution in [0.15, 0.2) is 11.6 Å². The number of carbonyl (C=O) groups is 1. The van der Waals surface area contributed by atoms with Crippen molar-refractivity contribution in [1.29, 1.82) is 15.8 Å². The van der Waals surface area contributed by atoms with Crippen LogP contribution in [0.3, 0.4) is 0 Å². The smallest absolute Gasteiger partial charge is 0.266 e. The maximum atomic E-state index is 13.1. The normalized spacial score (nSPS) is 14.8. The van der Waals surface area contributed by atoms with Crippen molar-refractivity contribution in [3.8, 4) is 23.2 Å². The summed E-state index contributed by atoms with van der Waals surface area (Å²) in [5.74, 6) is -0.512. The Labute approximate surface area is 218 Å². The second-order valence-electron chi connectivity index (χ2n) is 9.32. The highest BCUT2D eigenvalue weighted by atomic mass is 32.1. The van der Waals surface area contributed by atoms with Crippen molar-refractivity contribution in [3.63, 3.8) is 0 Å². The summed E-state index contributed by atoms with van der Waals surface area (Å²) < 4.78 is 2.07. The van der Waals surface area contributed by atoms with Crippen LogP contribution in [0.1, 0.15) is 74.6 Å². The van der Waals surface area contributed by atoms with Gasteiger partial charge in [0.1, 0.15) is 33.8 Å². The fourth-order valence-electron chi connectivity index (χ4n) is 5.32. The minimum absolute atomic E-state index is 0.0171. The summed E-state index contributed by atoms with van der Waals surface area (Å²) in [6, 6.07) is 8.67. The topological polar surface area (TPSA) is 105 Å². The van der Waals surface area contributed by atoms with Gasteiger partial charge in [-0.05, 0) is 94.0 Å². The number of hydrogen-bond donors (Lipinski definition) is 1. The molecule has 36 heavy (non-hydrogen) atoms. The van der Waals surface area contributed by atoms with Crippen LogP contribution in [0, 0.1) is 47.8 Å². The molecule has 0 saturated carbocycles. The third-order valence-corrected chi connectivity index (χ3v) is 9.60. The summed E-state index contributed by atoms with van der Waals surface area (Å²) in [6.07, 6.45) is 9.73. The number of aryl methyl sites for hydroxylation is 3. The van der Waals surface area contributed by atoms with Crippen molar-refractivity contribution >= 4 is 39.7 Å². The summed E-state index contributed by atoms with van der Waals surface area (Å²) in [4.78, 5) is 15.5. The van der Waals surface area contributed by atoms with Crippen molar-refractivity contribution in [2.24, 2.45) is 0 Å². The number of aromatic nitrogens is 1. The third-order valence-electron chi connectivity index (χ3n) is 7.11. The lowest BCUT2D eigenvalue weighted by molar-refractivity contribution is -0.112. The molecule has 2 aliphatic rings. The van der Waals surface area contributed by atoms with Gasteiger partial charge in [0, 0.05) is 21.1 Å². The maximum Gasteiger partial charge on any atom is 0.266 e. The van der Waals surface area contributed by atoms with Gasteiger partial charge in [-0.15, -0.1) is 22.7 Å². The number of nitriles is 3. The molecular weight excluding hydrogens is 486 g/mol. The van der Waals surface area contributed by atoms with E-state index in [2.05, 4.69) is 22.0 Å². The zero-order valence-corrected chi connectivity index (χ0v) is 22.0. The summed E-state index contributed by atoms with van der Waals surface area (Å²) in [7, 11) is 0. The molecular formula is C28H25N5OS2. The Hall–Kier alpha value is -3.64. The summed E-state index contributed by atoms with van der Waals surface area (Å²) >= 11 is 3.13. The van der Waals surface area contributed by atoms with Crippen LogP contribution in [-0.2, 0) is 30.5 Å². The van der Waals surface area contributed by atoms with E-state index < -0.39 is 5.91 Å². The molecule has 3 heterocycles. The largest absolute Gasteiger partial charge is 0.312 e. The number of amides is 1. The van der Waals surface area contributed by atoms with E-state index in [0.29, 0.717) is 10.6 Å². The average molecular weight is 512 g/mol. The zero-order valence-electron chi connectivity index (χ0n) is 20.3. The van der Waals surface area contributed by atoms with E-state index in [1.165, 1.54) is 21.8 Å². The van der Waals surface area contributed by atoms with Gasteiger partial charge in [-0.1, -0.05) is 0 Å². The number of thiophene rings is 2. The minimum atomic E-state index is -0.512. The highest BCUT2D eigenvalue weighted by Crippen LogP contribution is 2.39. The van der Waals surface area contributed by atoms with Crippen molar-refractivity contribution in [3.05, 3.63) is 60.6 Å². The Morgan fingerprint density at radius 1 is 0.944 bits per heavy atom. The minimum Gasteiger partial charge on any atom is -0.312 e. The molecule has 0 aliphatic heterocycles. The Bertz CT molecular complexity index is 1540. The lowest BCUT2D eigenvalue weighted by Crippen LogP contribution is -2.13. The van der Waals surface area contributed by atoms with Gasteiger partial charge in [0.05, 0.1) is 11.1 Å². The van der Waals surface area contributed by atoms with Crippen molar-refractivity contribution < 1.29 is 4.79 Å². The van der Waals surface area contributed by atoms with E-state index in [4.69, 9.17) is 0 Å². The SMILES string of the molecule is Cc1cc(C=C(C#N)C(=O)Nc2sc3c(c2C#N)CCCC3)c(C)n1-c1sc2c(c1C#N)CCCC2. The van der Waals surface area contributed by atoms with Crippen molar-refractivity contribution in [2.75, 3.05) is 5.32 Å². The highest BCUT2D eigenvalue weighted by Gasteiger charge is 2.25. The van der Waals surface area contributed by atoms with Gasteiger partial charge >= 0.3 is 0 Å². The number of anilines is 1. The third kappa shape index (κ3) is 4.05. The quantitative estimate of drug-likeness (QED) is 0.329. The fourth-order valence-corrected chi connectivity index (χ4v) is 8.00. The standard InChI is InChI=1S/C28H25N5OS2/c1-16-11-18(17(2)33(16)28-23(15-31)21-8-4-6-10-25(21)36-28)12-19(13-29)26(34)32-27-22(14-30)20-7-3-5-9-24(20)35-27/h11-12H,3-10H2,1-2H3,(H,32,34). The van der Waals surface area contributed by atoms with Gasteiger partial charge < -0.3 is 9.88 Å². The molecule has 8 heteroatoms. The zero-order chi connectivity index (χ0) is 25.4. The average Bonchev–Trinajstić information content (AvgIpc) is 3.51. The molecule has 0 saturated heterocycles. The van der Waals surface area contributed by atoms with Gasteiger partial charge in [-0.25, -0.2) is 0 Å². The molecule has 0 aromatic carbocycles. The number of nitrogens with zero attached hydrogens (tertiary/aromatic N) is 4. The molecule has 0 fully saturated rings. The van der Waals surface area contributed by atoms with Crippen molar-refractivity contribution in [2.45, 2.75) is 65.2 Å². The molecule has 6 nitrogen and oxygen atoms in total. The van der Waals surface area contributed by atoms with E-state index in [1.807, 2.05) is 26.0 Å². The Balaban J connectivity index is 1.48. The molecule has 0 bridgehead atoms. The predicted molar refractivity (Wildman–Crippen MR) is 142 cm³/mol. The van der Waals surface area contributed by atoms with Crippen molar-refractivity contribution in [1.82, 2.24) is 4.57 Å². The first-order chi connectivity index (χ1) is 17.5. The lowest BCUT2D eigenvalue weighted by atomic mass is 9.96. The maximum absolute atomic E-state index is 13.1. The van der Waals surface area contributed by atoms with E-state index in [-0.39, 0.29) is 5.57 Å². The van der Waals surface area contributed by atoms with Crippen LogP contribution in [0.2, 0.25) is 0 Å². The fraction of sp³-hybridized carbons (Fsp3) is 0.357. The van der Waals surface area contributed by atoms with E-state index in [0.717, 1.165) is 89.3 Å². The second-order valence-corrected chi connectivity index (χ2v) is 11.5. The van der Waals surface area contributed by atoms with Crippen LogP contribution >= 0.6 is 22.7 Å². The van der Waals surface area contributed by atoms with Gasteiger partial charge in [0.2, 0.25) is 0 Å². The van der Waals surface area contributed by atoms with Gasteiger partial charge in [-0.3, -0.25) is 4.79 Å². The summed E-state index contributed by atoms with van der Waals surface area (Å²) in [5, 5.41) is 33.7. The van der Waals surface area contributed by atoms with E-state index in [9.17, 15) is 20.6 Å². The number of rotatable bonds is 4. The van der Waals surface area contributed by atoms with Crippen LogP contribution < -0.4 is 5.32 Å². The molecule has 180 valence electrons. The second kappa shape index (κ2) is 9.78. The number of nitrogens with one attached hydrogen (secondary N) is 1. The van der Waals surface area contributed by atoms with Gasteiger partial charge in [0.15, 0.2) is 0 Å². The first-order valence-corrected chi connectivity index (χ1v) is 13.8. The molecule has 0 radical (unpaired) electrons. The van der Waals surface area contributed by atoms with Crippen LogP contribution in [-0.4, -0.2) is 10.5 Å². The molecule has 3 aromatic rings. The molecule has 0 unspecified atom stereocenters. The van der Waals surface area contributed by atoms with Crippen LogP contribution in [0.5, 0.6) is 0 Å². The molecule has 2 aliphatic carbocycles. The molecule has 0 spiro atoms. The number of carbonyl (C=O) groups excluding carboxylic acids is 1. The first kappa shape index (κ1) is 24.1. The Morgan fingerprint density at radius 2 is 1.56 bits per heavy atom. The monoisotopic (exact) mass is 511 g/mol. The first-order valence-electron chi connectivity index (χ1n) is 12.2. The molecule has 1 N–H and O–H groups in total. The van der Waals surface area contributed by atoms with Gasteiger partial charge in [0.25, 0.3) is 5.91 Å². The summed E-state index contributed by atoms with van der Waals surface area (Å²) in [5.41, 5.74) is 6.08. The summed E-state index contributed by atoms with van der Waals surface area (Å²) in [6.45, 7) is 3.93. The lowest BCUT2D eigenvalue weighted by Gasteiger charge is -2.10. The molecule has 1 amide bonds. The Kier molecular flexibility index (Phi) is 6.54. The van der Waals surface area contributed by atoms with E-state index in [1.54, 1.807) is 17.4 Å². The molecule has 3 aromatic heterocycles. The number of fused-ring (bicyclic) bond motifs is 2. The predicted octanol–water partition coefficient (Wildman–Crippen LogP) is 6.26. The Morgan fingerprint density at radius 3 is 2.19 bits per heavy atom. The van der Waals surface area contributed by atoms with Gasteiger partial charge in [-0.2, -0.15) is 15.8 Å². The highest BCUT2D eigenvalue weighted by molar-refractivity contribution is 7.16.